The average Bonchev–Trinajstić information content (AvgIpc) is 2.71. The first-order valence-corrected chi connectivity index (χ1v) is 9.51. The normalized spacial score (nSPS) is 10.8. The topological polar surface area (TPSA) is 90.1 Å². The van der Waals surface area contributed by atoms with Gasteiger partial charge in [-0.1, -0.05) is 11.8 Å². The Hall–Kier alpha value is -2.87. The summed E-state index contributed by atoms with van der Waals surface area (Å²) in [5.41, 5.74) is 2.73. The fourth-order valence-electron chi connectivity index (χ4n) is 2.89. The summed E-state index contributed by atoms with van der Waals surface area (Å²) in [5, 5.41) is 10.2. The number of carbonyl (C=O) groups excluding carboxylic acids is 1. The lowest BCUT2D eigenvalue weighted by Gasteiger charge is -2.14. The Balaban J connectivity index is 2.30. The highest BCUT2D eigenvalue weighted by atomic mass is 32.2. The van der Waals surface area contributed by atoms with Gasteiger partial charge in [0, 0.05) is 23.7 Å². The summed E-state index contributed by atoms with van der Waals surface area (Å²) in [5.74, 6) is 0.0585. The molecule has 140 valence electrons. The maximum absolute atomic E-state index is 12.0. The van der Waals surface area contributed by atoms with E-state index in [4.69, 9.17) is 14.9 Å². The molecule has 8 heteroatoms. The number of esters is 1. The quantitative estimate of drug-likeness (QED) is 0.413. The van der Waals surface area contributed by atoms with Crippen molar-refractivity contribution in [3.8, 4) is 16.9 Å². The number of hydrogen-bond acceptors (Lipinski definition) is 7. The molecule has 0 unspecified atom stereocenters. The van der Waals surface area contributed by atoms with Gasteiger partial charge in [0.2, 0.25) is 0 Å². The highest BCUT2D eigenvalue weighted by molar-refractivity contribution is 7.98. The van der Waals surface area contributed by atoms with Crippen molar-refractivity contribution in [2.75, 3.05) is 20.5 Å². The Labute approximate surface area is 160 Å². The summed E-state index contributed by atoms with van der Waals surface area (Å²) >= 11 is 1.46. The monoisotopic (exact) mass is 384 g/mol. The van der Waals surface area contributed by atoms with Gasteiger partial charge in [-0.15, -0.1) is 0 Å². The molecule has 0 bridgehead atoms. The molecule has 1 aromatic carbocycles. The van der Waals surface area contributed by atoms with Crippen molar-refractivity contribution in [1.82, 2.24) is 14.5 Å². The van der Waals surface area contributed by atoms with Crippen LogP contribution in [-0.2, 0) is 11.3 Å². The number of carbonyl (C=O) groups is 1. The van der Waals surface area contributed by atoms with Crippen LogP contribution in [0, 0.1) is 5.41 Å². The number of methoxy groups -OCH3 is 2. The third-order valence-electron chi connectivity index (χ3n) is 4.23. The third kappa shape index (κ3) is 3.52. The van der Waals surface area contributed by atoms with E-state index in [-0.39, 0.29) is 0 Å². The van der Waals surface area contributed by atoms with Crippen molar-refractivity contribution < 1.29 is 14.3 Å². The predicted octanol–water partition coefficient (Wildman–Crippen LogP) is 3.11. The number of aromatic nitrogens is 3. The molecular weight excluding hydrogens is 364 g/mol. The van der Waals surface area contributed by atoms with E-state index in [0.717, 1.165) is 5.39 Å². The molecule has 0 aliphatic heterocycles. The first-order valence-electron chi connectivity index (χ1n) is 8.29. The summed E-state index contributed by atoms with van der Waals surface area (Å²) in [6, 6.07) is 6.97. The van der Waals surface area contributed by atoms with E-state index in [1.54, 1.807) is 24.4 Å². The number of hydrogen-bond donors (Lipinski definition) is 1. The Morgan fingerprint density at radius 2 is 2.04 bits per heavy atom. The minimum Gasteiger partial charge on any atom is -0.497 e. The lowest BCUT2D eigenvalue weighted by atomic mass is 10.0. The van der Waals surface area contributed by atoms with Crippen molar-refractivity contribution in [2.24, 2.45) is 0 Å². The molecule has 27 heavy (non-hydrogen) atoms. The highest BCUT2D eigenvalue weighted by Crippen LogP contribution is 2.27. The molecule has 7 nitrogen and oxygen atoms in total. The summed E-state index contributed by atoms with van der Waals surface area (Å²) in [6.07, 6.45) is 3.67. The molecule has 1 N–H and O–H groups in total. The van der Waals surface area contributed by atoms with Crippen LogP contribution >= 0.6 is 11.8 Å². The number of benzene rings is 1. The molecule has 0 fully saturated rings. The second-order valence-corrected chi connectivity index (χ2v) is 6.50. The van der Waals surface area contributed by atoms with Gasteiger partial charge in [-0.3, -0.25) is 5.41 Å². The van der Waals surface area contributed by atoms with Crippen LogP contribution in [0.3, 0.4) is 0 Å². The number of fused-ring (bicyclic) bond motifs is 1. The lowest BCUT2D eigenvalue weighted by molar-refractivity contribution is 0.0600. The first kappa shape index (κ1) is 18.9. The van der Waals surface area contributed by atoms with Gasteiger partial charge in [0.05, 0.1) is 19.8 Å². The number of thioether (sulfide) groups is 1. The summed E-state index contributed by atoms with van der Waals surface area (Å²) < 4.78 is 12.0. The molecule has 2 aromatic heterocycles. The van der Waals surface area contributed by atoms with Gasteiger partial charge in [-0.25, -0.2) is 14.8 Å². The van der Waals surface area contributed by atoms with Crippen LogP contribution in [0.4, 0.5) is 0 Å². The Kier molecular flexibility index (Phi) is 5.46. The fraction of sp³-hybridized carbons (Fsp3) is 0.263. The van der Waals surface area contributed by atoms with E-state index < -0.39 is 5.97 Å². The van der Waals surface area contributed by atoms with Crippen LogP contribution in [0.15, 0.2) is 35.6 Å². The third-order valence-corrected chi connectivity index (χ3v) is 4.79. The number of nitrogens with zero attached hydrogens (tertiary/aromatic N) is 3. The van der Waals surface area contributed by atoms with Crippen molar-refractivity contribution >= 4 is 28.8 Å². The standard InChI is InChI=1S/C19H20N4O3S/c1-5-23-16(20)15(9-13-10-21-19(27-4)22-17(13)23)11-6-12(18(24)26-3)8-14(7-11)25-2/h6-10,20H,5H2,1-4H3. The Morgan fingerprint density at radius 1 is 1.26 bits per heavy atom. The molecule has 0 saturated heterocycles. The molecule has 3 rings (SSSR count). The maximum Gasteiger partial charge on any atom is 0.338 e. The van der Waals surface area contributed by atoms with Gasteiger partial charge in [0.25, 0.3) is 0 Å². The van der Waals surface area contributed by atoms with Gasteiger partial charge in [0.1, 0.15) is 16.9 Å². The van der Waals surface area contributed by atoms with Crippen LogP contribution in [0.25, 0.3) is 22.2 Å². The summed E-state index contributed by atoms with van der Waals surface area (Å²) in [4.78, 5) is 20.9. The van der Waals surface area contributed by atoms with Gasteiger partial charge < -0.3 is 14.0 Å². The predicted molar refractivity (Wildman–Crippen MR) is 104 cm³/mol. The minimum atomic E-state index is -0.459. The van der Waals surface area contributed by atoms with E-state index >= 15 is 0 Å². The lowest BCUT2D eigenvalue weighted by Crippen LogP contribution is -2.22. The molecule has 0 radical (unpaired) electrons. The number of nitrogens with one attached hydrogen (secondary N) is 1. The van der Waals surface area contributed by atoms with Gasteiger partial charge >= 0.3 is 5.97 Å². The molecule has 0 atom stereocenters. The van der Waals surface area contributed by atoms with Crippen molar-refractivity contribution in [2.45, 2.75) is 18.6 Å². The van der Waals surface area contributed by atoms with Gasteiger partial charge in [-0.05, 0) is 43.0 Å². The number of rotatable bonds is 5. The molecule has 3 aromatic rings. The average molecular weight is 384 g/mol. The smallest absolute Gasteiger partial charge is 0.338 e. The number of ether oxygens (including phenoxy) is 2. The van der Waals surface area contributed by atoms with Crippen LogP contribution in [-0.4, -0.2) is 41.0 Å². The number of aryl methyl sites for hydroxylation is 1. The van der Waals surface area contributed by atoms with E-state index in [9.17, 15) is 4.79 Å². The van der Waals surface area contributed by atoms with Crippen molar-refractivity contribution in [3.63, 3.8) is 0 Å². The highest BCUT2D eigenvalue weighted by Gasteiger charge is 2.15. The molecule has 0 aliphatic rings. The molecule has 0 spiro atoms. The summed E-state index contributed by atoms with van der Waals surface area (Å²) in [7, 11) is 2.87. The SMILES string of the molecule is CCn1c(=N)c(-c2cc(OC)cc(C(=O)OC)c2)cc2cnc(SC)nc21. The minimum absolute atomic E-state index is 0.305. The number of pyridine rings is 1. The second kappa shape index (κ2) is 7.79. The molecule has 0 amide bonds. The second-order valence-electron chi connectivity index (χ2n) is 5.73. The van der Waals surface area contributed by atoms with E-state index in [1.807, 2.05) is 23.8 Å². The van der Waals surface area contributed by atoms with Crippen molar-refractivity contribution in [1.29, 1.82) is 5.41 Å². The van der Waals surface area contributed by atoms with Crippen molar-refractivity contribution in [3.05, 3.63) is 41.5 Å². The Morgan fingerprint density at radius 3 is 2.67 bits per heavy atom. The largest absolute Gasteiger partial charge is 0.497 e. The first-order chi connectivity index (χ1) is 13.0. The molecule has 2 heterocycles. The van der Waals surface area contributed by atoms with E-state index in [2.05, 4.69) is 9.97 Å². The molecular formula is C19H20N4O3S. The molecule has 0 saturated carbocycles. The van der Waals surface area contributed by atoms with Gasteiger partial charge in [-0.2, -0.15) is 0 Å². The van der Waals surface area contributed by atoms with Crippen LogP contribution in [0.2, 0.25) is 0 Å². The van der Waals surface area contributed by atoms with Crippen LogP contribution < -0.4 is 10.2 Å². The Bertz CT molecular complexity index is 1080. The van der Waals surface area contributed by atoms with E-state index in [1.165, 1.54) is 26.0 Å². The van der Waals surface area contributed by atoms with Crippen LogP contribution in [0.1, 0.15) is 17.3 Å². The van der Waals surface area contributed by atoms with Crippen LogP contribution in [0.5, 0.6) is 5.75 Å². The fourth-order valence-corrected chi connectivity index (χ4v) is 3.23. The molecule has 0 aliphatic carbocycles. The zero-order valence-corrected chi connectivity index (χ0v) is 16.4. The maximum atomic E-state index is 12.0. The van der Waals surface area contributed by atoms with E-state index in [0.29, 0.717) is 45.3 Å². The zero-order valence-electron chi connectivity index (χ0n) is 15.6. The van der Waals surface area contributed by atoms with Gasteiger partial charge in [0.15, 0.2) is 5.16 Å². The zero-order chi connectivity index (χ0) is 19.6. The summed E-state index contributed by atoms with van der Waals surface area (Å²) in [6.45, 7) is 2.55.